The van der Waals surface area contributed by atoms with E-state index in [1.54, 1.807) is 17.4 Å². The highest BCUT2D eigenvalue weighted by Gasteiger charge is 2.21. The number of Topliss-reactive ketones (excluding diaryl/α,β-unsaturated/α-hetero) is 1. The third kappa shape index (κ3) is 3.68. The van der Waals surface area contributed by atoms with Gasteiger partial charge in [0.05, 0.1) is 26.2 Å². The van der Waals surface area contributed by atoms with Crippen LogP contribution in [0.5, 0.6) is 0 Å². The zero-order chi connectivity index (χ0) is 19.7. The van der Waals surface area contributed by atoms with E-state index in [4.69, 9.17) is 4.98 Å². The van der Waals surface area contributed by atoms with Crippen molar-refractivity contribution < 1.29 is 9.69 Å². The van der Waals surface area contributed by atoms with Crippen LogP contribution in [0.4, 0.5) is 5.69 Å². The molecular weight excluding hydrogens is 352 g/mol. The van der Waals surface area contributed by atoms with Gasteiger partial charge in [-0.05, 0) is 50.2 Å². The molecule has 4 rings (SSSR count). The summed E-state index contributed by atoms with van der Waals surface area (Å²) in [7, 11) is 0. The quantitative estimate of drug-likeness (QED) is 0.692. The van der Waals surface area contributed by atoms with Gasteiger partial charge in [0.1, 0.15) is 17.9 Å². The van der Waals surface area contributed by atoms with Crippen molar-refractivity contribution in [1.82, 2.24) is 9.38 Å². The van der Waals surface area contributed by atoms with E-state index < -0.39 is 0 Å². The molecule has 3 heterocycles. The van der Waals surface area contributed by atoms with Crippen molar-refractivity contribution in [3.8, 4) is 0 Å². The van der Waals surface area contributed by atoms with Crippen LogP contribution in [0.25, 0.3) is 5.65 Å². The fourth-order valence-corrected chi connectivity index (χ4v) is 3.88. The third-order valence-corrected chi connectivity index (χ3v) is 5.47. The smallest absolute Gasteiger partial charge is 0.258 e. The average Bonchev–Trinajstić information content (AvgIpc) is 2.68. The lowest BCUT2D eigenvalue weighted by atomic mass is 10.1. The number of pyridine rings is 1. The van der Waals surface area contributed by atoms with Gasteiger partial charge in [-0.15, -0.1) is 0 Å². The molecule has 0 atom stereocenters. The maximum absolute atomic E-state index is 12.5. The van der Waals surface area contributed by atoms with E-state index in [1.807, 2.05) is 49.4 Å². The minimum Gasteiger partial charge on any atom is -0.360 e. The lowest BCUT2D eigenvalue weighted by Gasteiger charge is -2.33. The van der Waals surface area contributed by atoms with Gasteiger partial charge in [-0.1, -0.05) is 6.07 Å². The molecule has 0 spiro atoms. The highest BCUT2D eigenvalue weighted by Crippen LogP contribution is 2.15. The number of hydrogen-bond donors (Lipinski definition) is 1. The summed E-state index contributed by atoms with van der Waals surface area (Å²) < 4.78 is 1.65. The van der Waals surface area contributed by atoms with Crippen molar-refractivity contribution >= 4 is 17.1 Å². The summed E-state index contributed by atoms with van der Waals surface area (Å²) in [5.74, 6) is 0.0924. The van der Waals surface area contributed by atoms with Crippen LogP contribution in [0.1, 0.15) is 28.7 Å². The Morgan fingerprint density at radius 2 is 1.82 bits per heavy atom. The minimum atomic E-state index is -0.0123. The van der Waals surface area contributed by atoms with Crippen LogP contribution in [-0.4, -0.2) is 41.3 Å². The Balaban J connectivity index is 1.42. The van der Waals surface area contributed by atoms with Gasteiger partial charge in [0.25, 0.3) is 5.56 Å². The molecule has 3 aromatic rings. The van der Waals surface area contributed by atoms with Gasteiger partial charge >= 0.3 is 0 Å². The summed E-state index contributed by atoms with van der Waals surface area (Å²) in [6, 6.07) is 15.2. The number of quaternary nitrogens is 1. The van der Waals surface area contributed by atoms with Gasteiger partial charge in [-0.3, -0.25) is 14.0 Å². The van der Waals surface area contributed by atoms with Gasteiger partial charge in [-0.25, -0.2) is 4.98 Å². The number of nitrogens with one attached hydrogen (secondary N) is 1. The number of benzene rings is 1. The molecule has 0 unspecified atom stereocenters. The van der Waals surface area contributed by atoms with Gasteiger partial charge in [0.2, 0.25) is 0 Å². The van der Waals surface area contributed by atoms with Crippen LogP contribution in [0.3, 0.4) is 0 Å². The first kappa shape index (κ1) is 18.4. The summed E-state index contributed by atoms with van der Waals surface area (Å²) in [6.07, 6.45) is 0. The van der Waals surface area contributed by atoms with E-state index in [0.717, 1.165) is 55.4 Å². The largest absolute Gasteiger partial charge is 0.360 e. The molecule has 0 bridgehead atoms. The maximum atomic E-state index is 12.5. The fourth-order valence-electron chi connectivity index (χ4n) is 3.88. The number of ketones is 1. The highest BCUT2D eigenvalue weighted by atomic mass is 16.1. The summed E-state index contributed by atoms with van der Waals surface area (Å²) in [5, 5.41) is 0. The molecule has 0 radical (unpaired) electrons. The van der Waals surface area contributed by atoms with Gasteiger partial charge < -0.3 is 9.80 Å². The van der Waals surface area contributed by atoms with Crippen LogP contribution in [0, 0.1) is 6.92 Å². The minimum absolute atomic E-state index is 0.0123. The van der Waals surface area contributed by atoms with E-state index in [2.05, 4.69) is 4.90 Å². The molecule has 1 aliphatic heterocycles. The molecule has 1 N–H and O–H groups in total. The Bertz CT molecular complexity index is 1060. The molecular formula is C22H25N4O2+. The van der Waals surface area contributed by atoms with Crippen molar-refractivity contribution in [2.75, 3.05) is 31.1 Å². The Kier molecular flexibility index (Phi) is 4.96. The number of piperazine rings is 1. The lowest BCUT2D eigenvalue weighted by molar-refractivity contribution is -0.914. The van der Waals surface area contributed by atoms with Crippen molar-refractivity contribution in [1.29, 1.82) is 0 Å². The molecule has 1 aliphatic rings. The second-order valence-corrected chi connectivity index (χ2v) is 7.46. The van der Waals surface area contributed by atoms with E-state index in [-0.39, 0.29) is 11.3 Å². The summed E-state index contributed by atoms with van der Waals surface area (Å²) in [5.41, 5.74) is 4.36. The molecule has 1 aromatic carbocycles. The number of carbonyl (C=O) groups excluding carboxylic acids is 1. The van der Waals surface area contributed by atoms with Crippen LogP contribution in [0.2, 0.25) is 0 Å². The van der Waals surface area contributed by atoms with Gasteiger partial charge in [-0.2, -0.15) is 0 Å². The zero-order valence-electron chi connectivity index (χ0n) is 16.3. The number of fused-ring (bicyclic) bond motifs is 1. The number of hydrogen-bond acceptors (Lipinski definition) is 4. The number of nitrogens with zero attached hydrogens (tertiary/aromatic N) is 3. The number of rotatable bonds is 4. The van der Waals surface area contributed by atoms with E-state index in [0.29, 0.717) is 5.65 Å². The molecule has 0 amide bonds. The second kappa shape index (κ2) is 7.56. The van der Waals surface area contributed by atoms with E-state index >= 15 is 0 Å². The Morgan fingerprint density at radius 1 is 1.11 bits per heavy atom. The first-order valence-electron chi connectivity index (χ1n) is 9.69. The molecule has 2 aromatic heterocycles. The standard InChI is InChI=1S/C22H24N4O2/c1-16-4-3-5-21-23-19(14-22(28)26(16)21)15-24-10-12-25(13-11-24)20-8-6-18(7-9-20)17(2)27/h3-9,14H,10-13,15H2,1-2H3/p+1. The highest BCUT2D eigenvalue weighted by molar-refractivity contribution is 5.94. The zero-order valence-corrected chi connectivity index (χ0v) is 16.3. The van der Waals surface area contributed by atoms with Crippen LogP contribution >= 0.6 is 0 Å². The number of anilines is 1. The lowest BCUT2D eigenvalue weighted by Crippen LogP contribution is -3.13. The Labute approximate surface area is 164 Å². The normalized spacial score (nSPS) is 15.1. The van der Waals surface area contributed by atoms with E-state index in [9.17, 15) is 9.59 Å². The van der Waals surface area contributed by atoms with Crippen LogP contribution in [0.15, 0.2) is 53.3 Å². The molecule has 0 saturated carbocycles. The average molecular weight is 377 g/mol. The van der Waals surface area contributed by atoms with Crippen LogP contribution < -0.4 is 15.4 Å². The van der Waals surface area contributed by atoms with Gasteiger partial charge in [0.15, 0.2) is 5.78 Å². The van der Waals surface area contributed by atoms with Crippen molar-refractivity contribution in [2.24, 2.45) is 0 Å². The molecule has 144 valence electrons. The maximum Gasteiger partial charge on any atom is 0.258 e. The molecule has 6 heteroatoms. The number of aromatic nitrogens is 2. The SMILES string of the molecule is CC(=O)c1ccc(N2CC[NH+](Cc3cc(=O)n4c(C)cccc4n3)CC2)cc1. The molecule has 6 nitrogen and oxygen atoms in total. The molecule has 1 fully saturated rings. The first-order valence-corrected chi connectivity index (χ1v) is 9.69. The topological polar surface area (TPSA) is 59.1 Å². The van der Waals surface area contributed by atoms with Gasteiger partial charge in [0, 0.05) is 23.0 Å². The molecule has 1 saturated heterocycles. The number of aryl methyl sites for hydroxylation is 1. The Morgan fingerprint density at radius 3 is 2.50 bits per heavy atom. The van der Waals surface area contributed by atoms with Crippen molar-refractivity contribution in [2.45, 2.75) is 20.4 Å². The predicted octanol–water partition coefficient (Wildman–Crippen LogP) is 1.11. The Hall–Kier alpha value is -2.99. The van der Waals surface area contributed by atoms with Crippen LogP contribution in [-0.2, 0) is 6.54 Å². The van der Waals surface area contributed by atoms with Crippen molar-refractivity contribution in [3.63, 3.8) is 0 Å². The monoisotopic (exact) mass is 377 g/mol. The first-order chi connectivity index (χ1) is 13.5. The van der Waals surface area contributed by atoms with Crippen molar-refractivity contribution in [3.05, 3.63) is 75.8 Å². The fraction of sp³-hybridized carbons (Fsp3) is 0.318. The predicted molar refractivity (Wildman–Crippen MR) is 109 cm³/mol. The summed E-state index contributed by atoms with van der Waals surface area (Å²) >= 11 is 0. The third-order valence-electron chi connectivity index (χ3n) is 5.47. The van der Waals surface area contributed by atoms with E-state index in [1.165, 1.54) is 4.90 Å². The second-order valence-electron chi connectivity index (χ2n) is 7.46. The summed E-state index contributed by atoms with van der Waals surface area (Å²) in [6.45, 7) is 8.14. The number of carbonyl (C=O) groups is 1. The molecule has 28 heavy (non-hydrogen) atoms. The summed E-state index contributed by atoms with van der Waals surface area (Å²) in [4.78, 5) is 32.4. The molecule has 0 aliphatic carbocycles.